The van der Waals surface area contributed by atoms with Gasteiger partial charge in [0.25, 0.3) is 5.91 Å². The standard InChI is InChI=1S/C18H15N5O2/c1-22(18(24)15-11-20-23-9-3-2-4-17(15)23)12-14-10-16(21-25-14)13-5-7-19-8-6-13/h2-11H,12H2,1H3. The lowest BCUT2D eigenvalue weighted by atomic mass is 10.2. The van der Waals surface area contributed by atoms with E-state index in [2.05, 4.69) is 15.2 Å². The molecule has 0 fully saturated rings. The van der Waals surface area contributed by atoms with Crippen LogP contribution in [-0.2, 0) is 6.54 Å². The van der Waals surface area contributed by atoms with Gasteiger partial charge in [-0.15, -0.1) is 0 Å². The molecule has 0 unspecified atom stereocenters. The average molecular weight is 333 g/mol. The molecule has 4 aromatic rings. The van der Waals surface area contributed by atoms with Crippen LogP contribution in [0, 0.1) is 0 Å². The van der Waals surface area contributed by atoms with Crippen molar-refractivity contribution in [3.05, 3.63) is 72.5 Å². The Bertz CT molecular complexity index is 1020. The number of amides is 1. The number of carbonyl (C=O) groups is 1. The van der Waals surface area contributed by atoms with Crippen LogP contribution in [0.1, 0.15) is 16.1 Å². The molecule has 25 heavy (non-hydrogen) atoms. The number of aromatic nitrogens is 4. The van der Waals surface area contributed by atoms with Crippen LogP contribution in [0.4, 0.5) is 0 Å². The van der Waals surface area contributed by atoms with Crippen LogP contribution >= 0.6 is 0 Å². The molecule has 1 amide bonds. The van der Waals surface area contributed by atoms with Crippen LogP contribution in [0.15, 0.2) is 65.7 Å². The summed E-state index contributed by atoms with van der Waals surface area (Å²) >= 11 is 0. The molecule has 0 atom stereocenters. The molecule has 0 bridgehead atoms. The number of carbonyl (C=O) groups excluding carboxylic acids is 1. The Morgan fingerprint density at radius 2 is 2.08 bits per heavy atom. The summed E-state index contributed by atoms with van der Waals surface area (Å²) in [5, 5.41) is 8.25. The Kier molecular flexibility index (Phi) is 3.74. The molecular weight excluding hydrogens is 318 g/mol. The lowest BCUT2D eigenvalue weighted by Gasteiger charge is -2.14. The molecule has 4 rings (SSSR count). The predicted molar refractivity (Wildman–Crippen MR) is 90.7 cm³/mol. The molecule has 0 saturated heterocycles. The molecule has 0 aliphatic carbocycles. The van der Waals surface area contributed by atoms with Crippen molar-refractivity contribution in [1.29, 1.82) is 0 Å². The van der Waals surface area contributed by atoms with Crippen molar-refractivity contribution in [1.82, 2.24) is 24.7 Å². The molecule has 0 N–H and O–H groups in total. The third-order valence-electron chi connectivity index (χ3n) is 3.93. The molecule has 0 aliphatic rings. The molecule has 4 aromatic heterocycles. The fourth-order valence-electron chi connectivity index (χ4n) is 2.66. The fourth-order valence-corrected chi connectivity index (χ4v) is 2.66. The molecule has 0 aromatic carbocycles. The minimum atomic E-state index is -0.122. The number of hydrogen-bond donors (Lipinski definition) is 0. The third-order valence-corrected chi connectivity index (χ3v) is 3.93. The van der Waals surface area contributed by atoms with Gasteiger partial charge in [-0.25, -0.2) is 4.52 Å². The average Bonchev–Trinajstić information content (AvgIpc) is 3.29. The highest BCUT2D eigenvalue weighted by atomic mass is 16.5. The van der Waals surface area contributed by atoms with E-state index < -0.39 is 0 Å². The van der Waals surface area contributed by atoms with E-state index in [1.165, 1.54) is 0 Å². The van der Waals surface area contributed by atoms with Crippen molar-refractivity contribution in [2.24, 2.45) is 0 Å². The van der Waals surface area contributed by atoms with E-state index in [1.54, 1.807) is 35.1 Å². The summed E-state index contributed by atoms with van der Waals surface area (Å²) in [6.07, 6.45) is 6.79. The summed E-state index contributed by atoms with van der Waals surface area (Å²) in [6, 6.07) is 11.2. The van der Waals surface area contributed by atoms with Crippen LogP contribution in [0.2, 0.25) is 0 Å². The van der Waals surface area contributed by atoms with Gasteiger partial charge in [0.15, 0.2) is 5.76 Å². The monoisotopic (exact) mass is 333 g/mol. The van der Waals surface area contributed by atoms with Gasteiger partial charge in [0.05, 0.1) is 23.8 Å². The Morgan fingerprint density at radius 1 is 1.24 bits per heavy atom. The summed E-state index contributed by atoms with van der Waals surface area (Å²) < 4.78 is 7.04. The zero-order valence-corrected chi connectivity index (χ0v) is 13.5. The smallest absolute Gasteiger partial charge is 0.257 e. The van der Waals surface area contributed by atoms with Crippen LogP contribution in [-0.4, -0.2) is 37.6 Å². The van der Waals surface area contributed by atoms with Gasteiger partial charge >= 0.3 is 0 Å². The summed E-state index contributed by atoms with van der Waals surface area (Å²) in [5.41, 5.74) is 2.96. The van der Waals surface area contributed by atoms with E-state index in [4.69, 9.17) is 4.52 Å². The lowest BCUT2D eigenvalue weighted by Crippen LogP contribution is -2.25. The van der Waals surface area contributed by atoms with Gasteiger partial charge in [-0.1, -0.05) is 11.2 Å². The zero-order chi connectivity index (χ0) is 17.2. The fraction of sp³-hybridized carbons (Fsp3) is 0.111. The maximum atomic E-state index is 12.7. The largest absolute Gasteiger partial charge is 0.359 e. The Morgan fingerprint density at radius 3 is 2.92 bits per heavy atom. The Balaban J connectivity index is 1.53. The van der Waals surface area contributed by atoms with Crippen LogP contribution in [0.3, 0.4) is 0 Å². The van der Waals surface area contributed by atoms with Gasteiger partial charge in [0, 0.05) is 37.3 Å². The van der Waals surface area contributed by atoms with Crippen LogP contribution < -0.4 is 0 Å². The van der Waals surface area contributed by atoms with Gasteiger partial charge < -0.3 is 9.42 Å². The SMILES string of the molecule is CN(Cc1cc(-c2ccncc2)no1)C(=O)c1cnn2ccccc12. The molecule has 7 heteroatoms. The van der Waals surface area contributed by atoms with E-state index >= 15 is 0 Å². The van der Waals surface area contributed by atoms with Crippen molar-refractivity contribution < 1.29 is 9.32 Å². The molecule has 4 heterocycles. The molecule has 7 nitrogen and oxygen atoms in total. The van der Waals surface area contributed by atoms with Gasteiger partial charge in [-0.05, 0) is 24.3 Å². The first-order valence-electron chi connectivity index (χ1n) is 7.76. The summed E-state index contributed by atoms with van der Waals surface area (Å²) in [7, 11) is 1.73. The van der Waals surface area contributed by atoms with E-state index in [-0.39, 0.29) is 5.91 Å². The summed E-state index contributed by atoms with van der Waals surface area (Å²) in [6.45, 7) is 0.321. The second-order valence-corrected chi connectivity index (χ2v) is 5.66. The third kappa shape index (κ3) is 2.87. The summed E-state index contributed by atoms with van der Waals surface area (Å²) in [4.78, 5) is 18.3. The van der Waals surface area contributed by atoms with Crippen molar-refractivity contribution in [2.45, 2.75) is 6.54 Å². The topological polar surface area (TPSA) is 76.5 Å². The highest BCUT2D eigenvalue weighted by Crippen LogP contribution is 2.19. The predicted octanol–water partition coefficient (Wildman–Crippen LogP) is 2.66. The normalized spacial score (nSPS) is 10.9. The van der Waals surface area contributed by atoms with E-state index in [0.29, 0.717) is 23.6 Å². The van der Waals surface area contributed by atoms with Crippen molar-refractivity contribution in [2.75, 3.05) is 7.05 Å². The molecule has 124 valence electrons. The first-order chi connectivity index (χ1) is 12.2. The lowest BCUT2D eigenvalue weighted by molar-refractivity contribution is 0.0774. The maximum Gasteiger partial charge on any atom is 0.257 e. The van der Waals surface area contributed by atoms with E-state index in [9.17, 15) is 4.79 Å². The second-order valence-electron chi connectivity index (χ2n) is 5.66. The number of pyridine rings is 2. The number of rotatable bonds is 4. The van der Waals surface area contributed by atoms with E-state index in [0.717, 1.165) is 11.1 Å². The van der Waals surface area contributed by atoms with Gasteiger partial charge in [0.1, 0.15) is 5.69 Å². The Hall–Kier alpha value is -3.48. The number of hydrogen-bond acceptors (Lipinski definition) is 5. The van der Waals surface area contributed by atoms with Crippen molar-refractivity contribution in [3.8, 4) is 11.3 Å². The first-order valence-corrected chi connectivity index (χ1v) is 7.76. The molecule has 0 radical (unpaired) electrons. The minimum Gasteiger partial charge on any atom is -0.359 e. The molecular formula is C18H15N5O2. The second kappa shape index (κ2) is 6.20. The zero-order valence-electron chi connectivity index (χ0n) is 13.5. The Labute approximate surface area is 143 Å². The highest BCUT2D eigenvalue weighted by molar-refractivity contribution is 6.00. The van der Waals surface area contributed by atoms with Crippen molar-refractivity contribution >= 4 is 11.4 Å². The van der Waals surface area contributed by atoms with Crippen molar-refractivity contribution in [3.63, 3.8) is 0 Å². The van der Waals surface area contributed by atoms with Gasteiger partial charge in [0.2, 0.25) is 0 Å². The molecule has 0 saturated carbocycles. The first kappa shape index (κ1) is 15.1. The highest BCUT2D eigenvalue weighted by Gasteiger charge is 2.18. The van der Waals surface area contributed by atoms with E-state index in [1.807, 2.05) is 42.6 Å². The molecule has 0 spiro atoms. The van der Waals surface area contributed by atoms with Crippen LogP contribution in [0.5, 0.6) is 0 Å². The maximum absolute atomic E-state index is 12.7. The van der Waals surface area contributed by atoms with Crippen LogP contribution in [0.25, 0.3) is 16.8 Å². The number of fused-ring (bicyclic) bond motifs is 1. The number of nitrogens with zero attached hydrogens (tertiary/aromatic N) is 5. The molecule has 0 aliphatic heterocycles. The quantitative estimate of drug-likeness (QED) is 0.574. The minimum absolute atomic E-state index is 0.122. The van der Waals surface area contributed by atoms with Gasteiger partial charge in [-0.2, -0.15) is 5.10 Å². The van der Waals surface area contributed by atoms with Gasteiger partial charge in [-0.3, -0.25) is 9.78 Å². The summed E-state index contributed by atoms with van der Waals surface area (Å²) in [5.74, 6) is 0.488.